The number of nitrogens with zero attached hydrogens (tertiary/aromatic N) is 6. The quantitative estimate of drug-likeness (QED) is 0.529. The minimum absolute atomic E-state index is 0.0431. The van der Waals surface area contributed by atoms with Crippen LogP contribution in [0.1, 0.15) is 34.5 Å². The van der Waals surface area contributed by atoms with Gasteiger partial charge < -0.3 is 10.2 Å². The van der Waals surface area contributed by atoms with Crippen LogP contribution in [0.25, 0.3) is 16.8 Å². The van der Waals surface area contributed by atoms with Crippen molar-refractivity contribution in [1.29, 1.82) is 0 Å². The summed E-state index contributed by atoms with van der Waals surface area (Å²) in [7, 11) is 3.30. The molecule has 0 radical (unpaired) electrons. The second-order valence-electron chi connectivity index (χ2n) is 7.71. The van der Waals surface area contributed by atoms with E-state index in [-0.39, 0.29) is 11.5 Å². The van der Waals surface area contributed by atoms with E-state index in [1.54, 1.807) is 42.3 Å². The van der Waals surface area contributed by atoms with Gasteiger partial charge in [0.15, 0.2) is 17.2 Å². The summed E-state index contributed by atoms with van der Waals surface area (Å²) in [5.74, 6) is 0.262. The topological polar surface area (TPSA) is 80.3 Å². The van der Waals surface area contributed by atoms with E-state index in [9.17, 15) is 13.6 Å². The third kappa shape index (κ3) is 3.28. The predicted octanol–water partition coefficient (Wildman–Crippen LogP) is 3.51. The van der Waals surface area contributed by atoms with E-state index < -0.39 is 6.43 Å². The van der Waals surface area contributed by atoms with Gasteiger partial charge in [-0.3, -0.25) is 9.48 Å². The van der Waals surface area contributed by atoms with Crippen LogP contribution in [0.4, 0.5) is 20.3 Å². The van der Waals surface area contributed by atoms with Gasteiger partial charge in [-0.05, 0) is 48.2 Å². The Morgan fingerprint density at radius 3 is 2.78 bits per heavy atom. The first-order valence-electron chi connectivity index (χ1n) is 10.2. The van der Waals surface area contributed by atoms with Crippen LogP contribution in [0.15, 0.2) is 42.9 Å². The van der Waals surface area contributed by atoms with Crippen LogP contribution < -0.4 is 10.2 Å². The molecule has 0 atom stereocenters. The van der Waals surface area contributed by atoms with E-state index in [4.69, 9.17) is 0 Å². The summed E-state index contributed by atoms with van der Waals surface area (Å²) in [6, 6.07) is 6.95. The van der Waals surface area contributed by atoms with Crippen molar-refractivity contribution in [2.45, 2.75) is 19.3 Å². The molecule has 1 amide bonds. The fourth-order valence-corrected chi connectivity index (χ4v) is 4.17. The molecule has 32 heavy (non-hydrogen) atoms. The number of hydrogen-bond donors (Lipinski definition) is 1. The van der Waals surface area contributed by atoms with Gasteiger partial charge in [0.2, 0.25) is 0 Å². The minimum Gasteiger partial charge on any atom is -0.354 e. The largest absolute Gasteiger partial charge is 0.354 e. The highest BCUT2D eigenvalue weighted by atomic mass is 19.3. The number of anilines is 2. The van der Waals surface area contributed by atoms with Gasteiger partial charge >= 0.3 is 0 Å². The number of alkyl halides is 2. The Labute approximate surface area is 182 Å². The van der Waals surface area contributed by atoms with Crippen molar-refractivity contribution in [3.63, 3.8) is 0 Å². The first-order chi connectivity index (χ1) is 15.5. The first kappa shape index (κ1) is 20.1. The lowest BCUT2D eigenvalue weighted by Crippen LogP contribution is -2.27. The molecule has 4 aromatic rings. The number of benzene rings is 1. The van der Waals surface area contributed by atoms with Gasteiger partial charge in [-0.15, -0.1) is 5.10 Å². The molecular weight excluding hydrogens is 416 g/mol. The average molecular weight is 437 g/mol. The molecule has 1 aliphatic heterocycles. The summed E-state index contributed by atoms with van der Waals surface area (Å²) < 4.78 is 31.2. The molecule has 1 aromatic carbocycles. The fraction of sp³-hybridized carbons (Fsp3) is 0.273. The number of nitrogens with one attached hydrogen (secondary N) is 1. The van der Waals surface area contributed by atoms with Crippen LogP contribution in [0.3, 0.4) is 0 Å². The number of imidazole rings is 1. The number of fused-ring (bicyclic) bond motifs is 2. The summed E-state index contributed by atoms with van der Waals surface area (Å²) in [6.45, 7) is 0.629. The Balaban J connectivity index is 1.63. The molecule has 5 rings (SSSR count). The van der Waals surface area contributed by atoms with Crippen LogP contribution in [-0.2, 0) is 13.5 Å². The zero-order valence-electron chi connectivity index (χ0n) is 17.6. The van der Waals surface area contributed by atoms with Crippen LogP contribution in [0, 0.1) is 0 Å². The van der Waals surface area contributed by atoms with Gasteiger partial charge in [0, 0.05) is 43.7 Å². The van der Waals surface area contributed by atoms with Gasteiger partial charge in [0.1, 0.15) is 0 Å². The number of halogens is 2. The van der Waals surface area contributed by atoms with Crippen molar-refractivity contribution in [3.05, 3.63) is 59.7 Å². The van der Waals surface area contributed by atoms with Crippen molar-refractivity contribution < 1.29 is 13.6 Å². The van der Waals surface area contributed by atoms with Gasteiger partial charge in [-0.25, -0.2) is 18.3 Å². The normalized spacial score (nSPS) is 13.6. The summed E-state index contributed by atoms with van der Waals surface area (Å²) >= 11 is 0. The van der Waals surface area contributed by atoms with Crippen LogP contribution in [0.2, 0.25) is 0 Å². The Morgan fingerprint density at radius 1 is 1.22 bits per heavy atom. The molecule has 10 heteroatoms. The number of carbonyl (C=O) groups excluding carboxylic acids is 1. The highest BCUT2D eigenvalue weighted by Gasteiger charge is 2.26. The molecule has 0 saturated carbocycles. The Kier molecular flexibility index (Phi) is 4.84. The molecule has 8 nitrogen and oxygen atoms in total. The van der Waals surface area contributed by atoms with Crippen molar-refractivity contribution in [2.24, 2.45) is 7.05 Å². The lowest BCUT2D eigenvalue weighted by atomic mass is 9.93. The lowest BCUT2D eigenvalue weighted by Gasteiger charge is -2.31. The molecule has 4 heterocycles. The van der Waals surface area contributed by atoms with Crippen molar-refractivity contribution in [3.8, 4) is 11.1 Å². The fourth-order valence-electron chi connectivity index (χ4n) is 4.17. The lowest BCUT2D eigenvalue weighted by molar-refractivity contribution is 0.0956. The number of aryl methyl sites for hydroxylation is 2. The Hall–Kier alpha value is -3.82. The van der Waals surface area contributed by atoms with Crippen LogP contribution in [0.5, 0.6) is 0 Å². The molecular formula is C22H21F2N7O. The van der Waals surface area contributed by atoms with E-state index in [1.165, 1.54) is 17.8 Å². The van der Waals surface area contributed by atoms with E-state index >= 15 is 0 Å². The maximum Gasteiger partial charge on any atom is 0.271 e. The van der Waals surface area contributed by atoms with E-state index in [0.29, 0.717) is 40.5 Å². The zero-order valence-corrected chi connectivity index (χ0v) is 17.6. The Morgan fingerprint density at radius 2 is 2.06 bits per heavy atom. The predicted molar refractivity (Wildman–Crippen MR) is 115 cm³/mol. The molecule has 1 aliphatic rings. The minimum atomic E-state index is -2.64. The van der Waals surface area contributed by atoms with Crippen molar-refractivity contribution in [2.75, 3.05) is 18.5 Å². The third-order valence-electron chi connectivity index (χ3n) is 5.70. The van der Waals surface area contributed by atoms with Gasteiger partial charge in [0.25, 0.3) is 12.3 Å². The molecule has 164 valence electrons. The highest BCUT2D eigenvalue weighted by molar-refractivity contribution is 5.92. The van der Waals surface area contributed by atoms with Crippen LogP contribution >= 0.6 is 0 Å². The molecule has 3 aromatic heterocycles. The van der Waals surface area contributed by atoms with Gasteiger partial charge in [0.05, 0.1) is 12.4 Å². The van der Waals surface area contributed by atoms with Crippen molar-refractivity contribution >= 4 is 23.1 Å². The number of hydrogen-bond acceptors (Lipinski definition) is 5. The molecule has 0 spiro atoms. The number of rotatable bonds is 4. The molecule has 0 bridgehead atoms. The summed E-state index contributed by atoms with van der Waals surface area (Å²) in [6.07, 6.45) is 3.79. The smallest absolute Gasteiger partial charge is 0.271 e. The first-order valence-corrected chi connectivity index (χ1v) is 10.2. The molecule has 0 saturated heterocycles. The summed E-state index contributed by atoms with van der Waals surface area (Å²) in [5, 5.41) is 11.3. The van der Waals surface area contributed by atoms with Gasteiger partial charge in [-0.1, -0.05) is 0 Å². The summed E-state index contributed by atoms with van der Waals surface area (Å²) in [4.78, 5) is 18.3. The van der Waals surface area contributed by atoms with Crippen LogP contribution in [-0.4, -0.2) is 43.9 Å². The van der Waals surface area contributed by atoms with E-state index in [1.807, 2.05) is 11.0 Å². The van der Waals surface area contributed by atoms with E-state index in [0.717, 1.165) is 18.4 Å². The second kappa shape index (κ2) is 7.70. The maximum atomic E-state index is 14.0. The summed E-state index contributed by atoms with van der Waals surface area (Å²) in [5.41, 5.74) is 3.63. The SMILES string of the molecule is CNC(=O)c1cnc2ccc(N3CCCc4cc(-c5cnn(C)c5)c(C(F)F)cc43)nn12. The maximum absolute atomic E-state index is 14.0. The molecule has 0 aliphatic carbocycles. The Bertz CT molecular complexity index is 1330. The standard InChI is InChI=1S/C22H21F2N7O/c1-25-22(32)18-11-26-19-5-6-20(28-31(18)19)30-7-3-4-13-8-15(14-10-27-29(2)12-14)16(21(23)24)9-17(13)30/h5-6,8-12,21H,3-4,7H2,1-2H3,(H,25,32). The van der Waals surface area contributed by atoms with E-state index in [2.05, 4.69) is 20.5 Å². The van der Waals surface area contributed by atoms with Gasteiger partial charge in [-0.2, -0.15) is 5.10 Å². The third-order valence-corrected chi connectivity index (χ3v) is 5.70. The number of carbonyl (C=O) groups is 1. The monoisotopic (exact) mass is 437 g/mol. The molecule has 1 N–H and O–H groups in total. The molecule has 0 unspecified atom stereocenters. The number of amides is 1. The number of aromatic nitrogens is 5. The van der Waals surface area contributed by atoms with Crippen molar-refractivity contribution in [1.82, 2.24) is 29.7 Å². The molecule has 0 fully saturated rings. The average Bonchev–Trinajstić information content (AvgIpc) is 3.43. The zero-order chi connectivity index (χ0) is 22.4. The highest BCUT2D eigenvalue weighted by Crippen LogP contribution is 2.40. The second-order valence-corrected chi connectivity index (χ2v) is 7.71.